The van der Waals surface area contributed by atoms with Gasteiger partial charge in [0.15, 0.2) is 11.5 Å². The molecule has 2 amide bonds. The summed E-state index contributed by atoms with van der Waals surface area (Å²) in [6.45, 7) is 3.58. The number of piperidine rings is 1. The molecule has 2 aromatic carbocycles. The quantitative estimate of drug-likeness (QED) is 0.521. The third kappa shape index (κ3) is 5.32. The summed E-state index contributed by atoms with van der Waals surface area (Å²) < 4.78 is 11.9. The zero-order chi connectivity index (χ0) is 25.1. The fourth-order valence-electron chi connectivity index (χ4n) is 5.21. The number of benzene rings is 2. The number of fused-ring (bicyclic) bond motifs is 2. The van der Waals surface area contributed by atoms with Crippen molar-refractivity contribution in [2.45, 2.75) is 32.2 Å². The molecule has 1 aromatic heterocycles. The number of amides is 2. The largest absolute Gasteiger partial charge is 0.493 e. The maximum absolute atomic E-state index is 13.4. The van der Waals surface area contributed by atoms with Crippen molar-refractivity contribution in [2.75, 3.05) is 45.7 Å². The van der Waals surface area contributed by atoms with E-state index in [1.54, 1.807) is 31.1 Å². The van der Waals surface area contributed by atoms with Gasteiger partial charge in [0.1, 0.15) is 0 Å². The van der Waals surface area contributed by atoms with Gasteiger partial charge in [-0.15, -0.1) is 11.3 Å². The molecule has 3 heterocycles. The molecular formula is C27H32N4O4S. The van der Waals surface area contributed by atoms with Crippen LogP contribution in [0.2, 0.25) is 0 Å². The van der Waals surface area contributed by atoms with Crippen LogP contribution in [-0.2, 0) is 22.6 Å². The topological polar surface area (TPSA) is 84.0 Å². The van der Waals surface area contributed by atoms with Crippen molar-refractivity contribution in [3.63, 3.8) is 0 Å². The predicted octanol–water partition coefficient (Wildman–Crippen LogP) is 3.94. The SMILES string of the molecule is COc1cc2c(cc1OC)CN(C(=O)C1CCCN(CCC(=O)Nc3ccc4ncsc4c3)C1)CC2. The Morgan fingerprint density at radius 3 is 2.72 bits per heavy atom. The second-order valence-corrected chi connectivity index (χ2v) is 10.3. The number of nitrogens with zero attached hydrogens (tertiary/aromatic N) is 3. The van der Waals surface area contributed by atoms with Crippen LogP contribution in [0.1, 0.15) is 30.4 Å². The fourth-order valence-corrected chi connectivity index (χ4v) is 5.92. The second-order valence-electron chi connectivity index (χ2n) is 9.46. The normalized spacial score (nSPS) is 18.1. The molecule has 0 saturated carbocycles. The molecule has 2 aliphatic heterocycles. The van der Waals surface area contributed by atoms with Crippen molar-refractivity contribution in [3.05, 3.63) is 47.0 Å². The van der Waals surface area contributed by atoms with Gasteiger partial charge in [-0.1, -0.05) is 0 Å². The van der Waals surface area contributed by atoms with Crippen LogP contribution in [0.3, 0.4) is 0 Å². The molecule has 1 saturated heterocycles. The molecular weight excluding hydrogens is 476 g/mol. The van der Waals surface area contributed by atoms with Crippen LogP contribution >= 0.6 is 11.3 Å². The highest BCUT2D eigenvalue weighted by Crippen LogP contribution is 2.34. The van der Waals surface area contributed by atoms with E-state index in [-0.39, 0.29) is 17.7 Å². The molecule has 0 aliphatic carbocycles. The number of rotatable bonds is 7. The van der Waals surface area contributed by atoms with E-state index in [2.05, 4.69) is 15.2 Å². The van der Waals surface area contributed by atoms with Crippen LogP contribution in [0.5, 0.6) is 11.5 Å². The summed E-state index contributed by atoms with van der Waals surface area (Å²) in [5, 5.41) is 2.99. The first-order valence-electron chi connectivity index (χ1n) is 12.4. The molecule has 0 radical (unpaired) electrons. The maximum Gasteiger partial charge on any atom is 0.227 e. The number of hydrogen-bond acceptors (Lipinski definition) is 7. The van der Waals surface area contributed by atoms with Gasteiger partial charge in [0.2, 0.25) is 11.8 Å². The van der Waals surface area contributed by atoms with Crippen molar-refractivity contribution in [1.82, 2.24) is 14.8 Å². The summed E-state index contributed by atoms with van der Waals surface area (Å²) in [6.07, 6.45) is 3.08. The highest BCUT2D eigenvalue weighted by Gasteiger charge is 2.31. The molecule has 36 heavy (non-hydrogen) atoms. The first-order chi connectivity index (χ1) is 17.5. The van der Waals surface area contributed by atoms with Gasteiger partial charge >= 0.3 is 0 Å². The maximum atomic E-state index is 13.4. The van der Waals surface area contributed by atoms with Crippen LogP contribution in [0.15, 0.2) is 35.8 Å². The van der Waals surface area contributed by atoms with E-state index < -0.39 is 0 Å². The zero-order valence-corrected chi connectivity index (χ0v) is 21.6. The zero-order valence-electron chi connectivity index (χ0n) is 20.8. The Morgan fingerprint density at radius 1 is 1.11 bits per heavy atom. The lowest BCUT2D eigenvalue weighted by atomic mass is 9.93. The number of hydrogen-bond donors (Lipinski definition) is 1. The second kappa shape index (κ2) is 10.8. The number of carbonyl (C=O) groups excluding carboxylic acids is 2. The van der Waals surface area contributed by atoms with Crippen LogP contribution in [0.4, 0.5) is 5.69 Å². The third-order valence-electron chi connectivity index (χ3n) is 7.15. The van der Waals surface area contributed by atoms with Crippen LogP contribution in [0, 0.1) is 5.92 Å². The number of ether oxygens (including phenoxy) is 2. The average molecular weight is 509 g/mol. The van der Waals surface area contributed by atoms with Gasteiger partial charge in [0.25, 0.3) is 0 Å². The lowest BCUT2D eigenvalue weighted by molar-refractivity contribution is -0.138. The van der Waals surface area contributed by atoms with E-state index in [0.717, 1.165) is 53.0 Å². The van der Waals surface area contributed by atoms with E-state index in [4.69, 9.17) is 9.47 Å². The van der Waals surface area contributed by atoms with Gasteiger partial charge in [0, 0.05) is 38.3 Å². The van der Waals surface area contributed by atoms with Gasteiger partial charge in [-0.3, -0.25) is 9.59 Å². The van der Waals surface area contributed by atoms with Crippen molar-refractivity contribution < 1.29 is 19.1 Å². The molecule has 1 unspecified atom stereocenters. The fraction of sp³-hybridized carbons (Fsp3) is 0.444. The van der Waals surface area contributed by atoms with Gasteiger partial charge in [-0.05, 0) is 67.3 Å². The van der Waals surface area contributed by atoms with Crippen molar-refractivity contribution >= 4 is 39.1 Å². The molecule has 1 N–H and O–H groups in total. The lowest BCUT2D eigenvalue weighted by Gasteiger charge is -2.36. The standard InChI is InChI=1S/C27H32N4O4S/c1-34-23-12-18-7-11-31(16-20(18)13-24(23)35-2)27(33)19-4-3-9-30(15-19)10-8-26(32)29-21-5-6-22-25(14-21)36-17-28-22/h5-6,12-14,17,19H,3-4,7-11,15-16H2,1-2H3,(H,29,32). The highest BCUT2D eigenvalue weighted by atomic mass is 32.1. The first kappa shape index (κ1) is 24.5. The van der Waals surface area contributed by atoms with E-state index in [1.165, 1.54) is 5.56 Å². The third-order valence-corrected chi connectivity index (χ3v) is 7.95. The van der Waals surface area contributed by atoms with Gasteiger partial charge in [-0.2, -0.15) is 0 Å². The summed E-state index contributed by atoms with van der Waals surface area (Å²) in [7, 11) is 3.27. The molecule has 0 spiro atoms. The number of carbonyl (C=O) groups is 2. The molecule has 5 rings (SSSR count). The molecule has 1 atom stereocenters. The van der Waals surface area contributed by atoms with Crippen LogP contribution in [0.25, 0.3) is 10.2 Å². The highest BCUT2D eigenvalue weighted by molar-refractivity contribution is 7.16. The van der Waals surface area contributed by atoms with Crippen molar-refractivity contribution in [1.29, 1.82) is 0 Å². The van der Waals surface area contributed by atoms with Gasteiger partial charge in [0.05, 0.1) is 35.9 Å². The van der Waals surface area contributed by atoms with E-state index in [1.807, 2.05) is 35.2 Å². The Kier molecular flexibility index (Phi) is 7.38. The van der Waals surface area contributed by atoms with Crippen LogP contribution < -0.4 is 14.8 Å². The molecule has 1 fully saturated rings. The smallest absolute Gasteiger partial charge is 0.227 e. The number of anilines is 1. The average Bonchev–Trinajstić information content (AvgIpc) is 3.38. The molecule has 190 valence electrons. The Bertz CT molecular complexity index is 1260. The summed E-state index contributed by atoms with van der Waals surface area (Å²) in [4.78, 5) is 34.5. The number of thiazole rings is 1. The van der Waals surface area contributed by atoms with E-state index in [0.29, 0.717) is 38.3 Å². The Hall–Kier alpha value is -3.17. The summed E-state index contributed by atoms with van der Waals surface area (Å²) in [6, 6.07) is 9.79. The minimum atomic E-state index is -0.0303. The lowest BCUT2D eigenvalue weighted by Crippen LogP contribution is -2.46. The number of likely N-dealkylation sites (tertiary alicyclic amines) is 1. The van der Waals surface area contributed by atoms with Gasteiger partial charge in [-0.25, -0.2) is 4.98 Å². The summed E-state index contributed by atoms with van der Waals surface area (Å²) in [5.41, 5.74) is 5.87. The molecule has 3 aromatic rings. The predicted molar refractivity (Wildman–Crippen MR) is 141 cm³/mol. The minimum absolute atomic E-state index is 0.00988. The molecule has 2 aliphatic rings. The molecule has 9 heteroatoms. The van der Waals surface area contributed by atoms with E-state index >= 15 is 0 Å². The van der Waals surface area contributed by atoms with Crippen molar-refractivity contribution in [3.8, 4) is 11.5 Å². The van der Waals surface area contributed by atoms with E-state index in [9.17, 15) is 9.59 Å². The van der Waals surface area contributed by atoms with Crippen molar-refractivity contribution in [2.24, 2.45) is 5.92 Å². The van der Waals surface area contributed by atoms with Crippen LogP contribution in [-0.4, -0.2) is 67.0 Å². The monoisotopic (exact) mass is 508 g/mol. The minimum Gasteiger partial charge on any atom is -0.493 e. The van der Waals surface area contributed by atoms with Gasteiger partial charge < -0.3 is 24.6 Å². The Labute approximate surface area is 215 Å². The Balaban J connectivity index is 1.14. The molecule has 0 bridgehead atoms. The number of aromatic nitrogens is 1. The molecule has 8 nitrogen and oxygen atoms in total. The first-order valence-corrected chi connectivity index (χ1v) is 13.3. The summed E-state index contributed by atoms with van der Waals surface area (Å²) in [5.74, 6) is 1.59. The number of methoxy groups -OCH3 is 2. The summed E-state index contributed by atoms with van der Waals surface area (Å²) >= 11 is 1.56. The Morgan fingerprint density at radius 2 is 1.92 bits per heavy atom. The number of nitrogens with one attached hydrogen (secondary N) is 1.